The van der Waals surface area contributed by atoms with E-state index in [1.807, 2.05) is 112 Å². The first-order valence-corrected chi connectivity index (χ1v) is 34.1. The number of sulfone groups is 1. The van der Waals surface area contributed by atoms with Crippen molar-refractivity contribution in [1.82, 2.24) is 54.2 Å². The minimum Gasteiger partial charge on any atom is -0.492 e. The van der Waals surface area contributed by atoms with Gasteiger partial charge in [0, 0.05) is 94.9 Å². The Labute approximate surface area is 538 Å². The predicted molar refractivity (Wildman–Crippen MR) is 365 cm³/mol. The first kappa shape index (κ1) is 63.5. The quantitative estimate of drug-likeness (QED) is 0.0535. The van der Waals surface area contributed by atoms with Gasteiger partial charge >= 0.3 is 5.69 Å². The number of nitrogens with zero attached hydrogens (tertiary/aromatic N) is 10. The molecule has 1 aliphatic heterocycles. The summed E-state index contributed by atoms with van der Waals surface area (Å²) in [5, 5.41) is 18.5. The van der Waals surface area contributed by atoms with Crippen LogP contribution in [0, 0.1) is 24.2 Å². The normalized spacial score (nSPS) is 17.3. The van der Waals surface area contributed by atoms with Crippen LogP contribution < -0.4 is 32.5 Å². The number of nitrogens with one attached hydrogen (secondary N) is 3. The number of anilines is 4. The van der Waals surface area contributed by atoms with E-state index in [-0.39, 0.29) is 22.4 Å². The number of benzene rings is 4. The number of hydrogen-bond acceptors (Lipinski definition) is 16. The summed E-state index contributed by atoms with van der Waals surface area (Å²) in [6, 6.07) is 39.6. The van der Waals surface area contributed by atoms with Crippen LogP contribution in [0.4, 0.5) is 23.1 Å². The Kier molecular flexibility index (Phi) is 19.1. The Balaban J connectivity index is 0.000000136. The third-order valence-corrected chi connectivity index (χ3v) is 20.3. The number of likely N-dealkylation sites (tertiary alicyclic amines) is 1. The van der Waals surface area contributed by atoms with E-state index in [4.69, 9.17) is 26.2 Å². The Hall–Kier alpha value is -8.69. The lowest BCUT2D eigenvalue weighted by atomic mass is 9.72. The molecule has 7 N–H and O–H groups in total. The number of H-pyrrole nitrogens is 1. The number of ether oxygens (including phenoxy) is 1. The molecule has 3 saturated carbocycles. The maximum Gasteiger partial charge on any atom is 0.347 e. The first-order valence-electron chi connectivity index (χ1n) is 32.5. The standard InChI is InChI=1S/C28H37N5O3S.C25H21N5O.C19H27N5/c1-21-19-29-27(31-22-10-12-24(13-11-22)36-17-16-33-14-5-6-15-33)32-26(21)30-23-8-7-9-25(18-23)37(34,35)20-28(2,3)4;26-25(12-4-13-25)18-9-7-17(8-10-18)22-19(16-5-2-1-3-6-16)15-20-21(27-22)11-14-30-23(20)28-29-24(30)31;1-24-18(10-13-2-3-13)16(12-22-24)17-8-9-21-19(23-17)11-14-4-6-15(20)7-5-14/h7-13,18-19H,5-6,14-17,20H2,1-4H3,(H2,29,30,31,32);1-3,5-11,14-15H,4,12-13,26H2,(H,29,31);8-9,12-15H,2-7,10-11,20H2,1H3. The van der Waals surface area contributed by atoms with Crippen LogP contribution in [0.1, 0.15) is 114 Å². The van der Waals surface area contributed by atoms with E-state index in [1.165, 1.54) is 79.3 Å². The molecule has 10 aromatic rings. The highest BCUT2D eigenvalue weighted by Gasteiger charge is 2.34. The van der Waals surface area contributed by atoms with Crippen molar-refractivity contribution in [3.05, 3.63) is 179 Å². The van der Waals surface area contributed by atoms with Crippen LogP contribution in [-0.2, 0) is 35.3 Å². The average molecular weight is 1260 g/mol. The highest BCUT2D eigenvalue weighted by molar-refractivity contribution is 7.91. The van der Waals surface area contributed by atoms with Crippen LogP contribution in [0.15, 0.2) is 156 Å². The summed E-state index contributed by atoms with van der Waals surface area (Å²) in [4.78, 5) is 38.1. The third kappa shape index (κ3) is 15.6. The van der Waals surface area contributed by atoms with Gasteiger partial charge in [-0.05, 0) is 186 Å². The van der Waals surface area contributed by atoms with E-state index in [0.29, 0.717) is 46.6 Å². The molecule has 0 bridgehead atoms. The monoisotopic (exact) mass is 1260 g/mol. The van der Waals surface area contributed by atoms with Crippen LogP contribution in [0.5, 0.6) is 5.75 Å². The number of aromatic nitrogens is 10. The van der Waals surface area contributed by atoms with Crippen LogP contribution in [0.2, 0.25) is 0 Å². The summed E-state index contributed by atoms with van der Waals surface area (Å²) in [6.07, 6.45) is 22.6. The van der Waals surface area contributed by atoms with E-state index in [0.717, 1.165) is 113 Å². The summed E-state index contributed by atoms with van der Waals surface area (Å²) < 4.78 is 35.1. The van der Waals surface area contributed by atoms with Crippen molar-refractivity contribution < 1.29 is 13.2 Å². The van der Waals surface area contributed by atoms with Crippen LogP contribution >= 0.6 is 0 Å². The molecule has 4 fully saturated rings. The predicted octanol–water partition coefficient (Wildman–Crippen LogP) is 12.7. The Morgan fingerprint density at radius 1 is 0.750 bits per heavy atom. The molecule has 4 aromatic carbocycles. The molecule has 0 amide bonds. The van der Waals surface area contributed by atoms with Gasteiger partial charge in [0.15, 0.2) is 15.5 Å². The Morgan fingerprint density at radius 2 is 1.49 bits per heavy atom. The first-order chi connectivity index (χ1) is 44.4. The van der Waals surface area contributed by atoms with Gasteiger partial charge in [0.25, 0.3) is 0 Å². The van der Waals surface area contributed by atoms with E-state index >= 15 is 0 Å². The van der Waals surface area contributed by atoms with Gasteiger partial charge in [-0.1, -0.05) is 81.4 Å². The molecular formula is C72H85N15O4S. The van der Waals surface area contributed by atoms with Gasteiger partial charge in [-0.3, -0.25) is 9.58 Å². The minimum atomic E-state index is -3.40. The van der Waals surface area contributed by atoms with Crippen molar-refractivity contribution in [1.29, 1.82) is 0 Å². The molecule has 6 aromatic heterocycles. The number of hydrogen-bond donors (Lipinski definition) is 5. The fraction of sp³-hybridized carbons (Fsp3) is 0.389. The second kappa shape index (κ2) is 27.6. The largest absolute Gasteiger partial charge is 0.492 e. The number of aromatic amines is 1. The SMILES string of the molecule is Cc1cnc(Nc2ccc(OCCN3CCCC3)cc2)nc1Nc1cccc(S(=O)(=O)CC(C)(C)C)c1.Cn1ncc(-c2ccnc(CC3CCC(N)CC3)n2)c1CC1CC1.NC1(c2ccc(-c3nc4ccn5c(=O)[nH]nc5c4cc3-c3ccccc3)cc2)CCC1. The number of rotatable bonds is 18. The highest BCUT2D eigenvalue weighted by atomic mass is 32.2. The number of fused-ring (bicyclic) bond motifs is 3. The van der Waals surface area contributed by atoms with Gasteiger partial charge in [-0.25, -0.2) is 42.6 Å². The minimum absolute atomic E-state index is 0.0757. The van der Waals surface area contributed by atoms with Gasteiger partial charge in [-0.15, -0.1) is 0 Å². The molecule has 92 heavy (non-hydrogen) atoms. The summed E-state index contributed by atoms with van der Waals surface area (Å²) in [6.45, 7) is 11.6. The fourth-order valence-corrected chi connectivity index (χ4v) is 14.4. The number of pyridine rings is 2. The Bertz CT molecular complexity index is 4330. The molecule has 1 saturated heterocycles. The molecule has 4 aliphatic rings. The number of aryl methyl sites for hydroxylation is 2. The number of nitrogens with two attached hydrogens (primary N) is 2. The van der Waals surface area contributed by atoms with Crippen LogP contribution in [0.25, 0.3) is 50.2 Å². The molecule has 3 aliphatic carbocycles. The maximum atomic E-state index is 12.8. The second-order valence-corrected chi connectivity index (χ2v) is 28.7. The van der Waals surface area contributed by atoms with Gasteiger partial charge in [0.1, 0.15) is 24.0 Å². The molecule has 7 heterocycles. The van der Waals surface area contributed by atoms with Crippen LogP contribution in [0.3, 0.4) is 0 Å². The summed E-state index contributed by atoms with van der Waals surface area (Å²) in [5.74, 6) is 4.43. The summed E-state index contributed by atoms with van der Waals surface area (Å²) in [5.41, 5.74) is 24.1. The Morgan fingerprint density at radius 3 is 2.21 bits per heavy atom. The molecule has 0 unspecified atom stereocenters. The maximum absolute atomic E-state index is 12.8. The van der Waals surface area contributed by atoms with E-state index in [2.05, 4.69) is 88.2 Å². The van der Waals surface area contributed by atoms with E-state index < -0.39 is 9.84 Å². The van der Waals surface area contributed by atoms with Gasteiger partial charge < -0.3 is 26.8 Å². The van der Waals surface area contributed by atoms with Crippen molar-refractivity contribution in [3.8, 4) is 39.4 Å². The van der Waals surface area contributed by atoms with E-state index in [1.54, 1.807) is 30.6 Å². The molecule has 0 radical (unpaired) electrons. The van der Waals surface area contributed by atoms with Gasteiger partial charge in [-0.2, -0.15) is 15.2 Å². The summed E-state index contributed by atoms with van der Waals surface area (Å²) in [7, 11) is -1.37. The van der Waals surface area contributed by atoms with Crippen molar-refractivity contribution in [2.75, 3.05) is 42.6 Å². The second-order valence-electron chi connectivity index (χ2n) is 26.7. The van der Waals surface area contributed by atoms with Crippen molar-refractivity contribution in [2.45, 2.75) is 128 Å². The lowest BCUT2D eigenvalue weighted by molar-refractivity contribution is 0.238. The van der Waals surface area contributed by atoms with Crippen LogP contribution in [-0.4, -0.2) is 101 Å². The summed E-state index contributed by atoms with van der Waals surface area (Å²) >= 11 is 0. The topological polar surface area (TPSA) is 255 Å². The zero-order valence-corrected chi connectivity index (χ0v) is 54.3. The van der Waals surface area contributed by atoms with Gasteiger partial charge in [0.05, 0.1) is 33.7 Å². The van der Waals surface area contributed by atoms with Crippen molar-refractivity contribution in [2.24, 2.45) is 35.8 Å². The zero-order chi connectivity index (χ0) is 64.0. The average Bonchev–Trinajstić information content (AvgIpc) is 1.24. The molecule has 19 nitrogen and oxygen atoms in total. The lowest BCUT2D eigenvalue weighted by Gasteiger charge is -2.38. The molecule has 14 rings (SSSR count). The zero-order valence-electron chi connectivity index (χ0n) is 53.5. The van der Waals surface area contributed by atoms with Crippen molar-refractivity contribution in [3.63, 3.8) is 0 Å². The molecule has 0 spiro atoms. The highest BCUT2D eigenvalue weighted by Crippen LogP contribution is 2.41. The third-order valence-electron chi connectivity index (χ3n) is 18.1. The smallest absolute Gasteiger partial charge is 0.347 e. The molecular weight excluding hydrogens is 1170 g/mol. The lowest BCUT2D eigenvalue weighted by Crippen LogP contribution is -2.43. The van der Waals surface area contributed by atoms with Crippen molar-refractivity contribution >= 4 is 49.5 Å². The molecule has 478 valence electrons. The van der Waals surface area contributed by atoms with Gasteiger partial charge in [0.2, 0.25) is 5.95 Å². The molecule has 20 heteroatoms. The van der Waals surface area contributed by atoms with E-state index in [9.17, 15) is 13.2 Å². The molecule has 0 atom stereocenters. The fourth-order valence-electron chi connectivity index (χ4n) is 12.5.